The van der Waals surface area contributed by atoms with Crippen LogP contribution in [0, 0.1) is 10.1 Å². The fourth-order valence-electron chi connectivity index (χ4n) is 2.21. The van der Waals surface area contributed by atoms with Gasteiger partial charge in [-0.1, -0.05) is 18.2 Å². The van der Waals surface area contributed by atoms with Gasteiger partial charge in [0.25, 0.3) is 5.69 Å². The molecule has 0 spiro atoms. The molecule has 1 aromatic heterocycles. The second kappa shape index (κ2) is 7.02. The van der Waals surface area contributed by atoms with Crippen molar-refractivity contribution in [3.8, 4) is 11.5 Å². The van der Waals surface area contributed by atoms with Crippen molar-refractivity contribution < 1.29 is 17.8 Å². The molecule has 0 N–H and O–H groups in total. The molecule has 3 aromatic rings. The molecular weight excluding hydrogens is 360 g/mol. The Morgan fingerprint density at radius 2 is 1.73 bits per heavy atom. The average Bonchev–Trinajstić information content (AvgIpc) is 3.11. The van der Waals surface area contributed by atoms with Crippen LogP contribution in [0.5, 0.6) is 0 Å². The number of hydrogen-bond acceptors (Lipinski definition) is 7. The van der Waals surface area contributed by atoms with E-state index in [1.54, 1.807) is 12.1 Å². The summed E-state index contributed by atoms with van der Waals surface area (Å²) >= 11 is 0. The first-order valence-electron chi connectivity index (χ1n) is 7.46. The summed E-state index contributed by atoms with van der Waals surface area (Å²) in [5, 5.41) is 18.5. The van der Waals surface area contributed by atoms with Crippen LogP contribution in [-0.4, -0.2) is 34.9 Å². The Balaban J connectivity index is 1.77. The van der Waals surface area contributed by atoms with Crippen LogP contribution in [0.25, 0.3) is 11.5 Å². The number of nitrogens with zero attached hydrogens (tertiary/aromatic N) is 4. The molecule has 0 bridgehead atoms. The van der Waals surface area contributed by atoms with E-state index in [0.29, 0.717) is 5.89 Å². The first kappa shape index (κ1) is 17.7. The Bertz CT molecular complexity index is 1020. The molecule has 0 aliphatic carbocycles. The lowest BCUT2D eigenvalue weighted by molar-refractivity contribution is -0.384. The Hall–Kier alpha value is -3.11. The van der Waals surface area contributed by atoms with Crippen molar-refractivity contribution in [2.45, 2.75) is 11.4 Å². The molecule has 0 atom stereocenters. The van der Waals surface area contributed by atoms with Gasteiger partial charge in [0, 0.05) is 24.7 Å². The third kappa shape index (κ3) is 3.60. The van der Waals surface area contributed by atoms with E-state index >= 15 is 0 Å². The molecule has 0 saturated heterocycles. The maximum atomic E-state index is 12.6. The molecule has 26 heavy (non-hydrogen) atoms. The largest absolute Gasteiger partial charge is 0.419 e. The van der Waals surface area contributed by atoms with E-state index in [1.807, 2.05) is 18.2 Å². The molecule has 3 rings (SSSR count). The number of sulfonamides is 1. The number of aromatic nitrogens is 2. The van der Waals surface area contributed by atoms with Crippen molar-refractivity contribution >= 4 is 15.7 Å². The Morgan fingerprint density at radius 1 is 1.08 bits per heavy atom. The summed E-state index contributed by atoms with van der Waals surface area (Å²) in [6.45, 7) is -0.126. The topological polar surface area (TPSA) is 119 Å². The van der Waals surface area contributed by atoms with Crippen molar-refractivity contribution in [3.63, 3.8) is 0 Å². The van der Waals surface area contributed by atoms with Crippen molar-refractivity contribution in [3.05, 3.63) is 70.6 Å². The number of non-ortho nitro benzene ring substituents is 1. The monoisotopic (exact) mass is 374 g/mol. The first-order chi connectivity index (χ1) is 12.4. The van der Waals surface area contributed by atoms with E-state index < -0.39 is 14.9 Å². The fourth-order valence-corrected chi connectivity index (χ4v) is 3.33. The van der Waals surface area contributed by atoms with Crippen molar-refractivity contribution in [1.29, 1.82) is 0 Å². The minimum absolute atomic E-state index is 0.0617. The predicted molar refractivity (Wildman–Crippen MR) is 91.5 cm³/mol. The zero-order valence-electron chi connectivity index (χ0n) is 13.6. The van der Waals surface area contributed by atoms with Gasteiger partial charge in [0.15, 0.2) is 0 Å². The average molecular weight is 374 g/mol. The van der Waals surface area contributed by atoms with E-state index in [2.05, 4.69) is 10.2 Å². The highest BCUT2D eigenvalue weighted by Crippen LogP contribution is 2.21. The number of hydrogen-bond donors (Lipinski definition) is 0. The van der Waals surface area contributed by atoms with Crippen LogP contribution >= 0.6 is 0 Å². The molecule has 0 amide bonds. The van der Waals surface area contributed by atoms with Gasteiger partial charge in [-0.25, -0.2) is 8.42 Å². The van der Waals surface area contributed by atoms with Crippen LogP contribution in [0.2, 0.25) is 0 Å². The third-order valence-corrected chi connectivity index (χ3v) is 5.42. The van der Waals surface area contributed by atoms with E-state index in [9.17, 15) is 18.5 Å². The highest BCUT2D eigenvalue weighted by atomic mass is 32.2. The van der Waals surface area contributed by atoms with Crippen LogP contribution in [0.4, 0.5) is 5.69 Å². The zero-order chi connectivity index (χ0) is 18.7. The van der Waals surface area contributed by atoms with Gasteiger partial charge in [-0.3, -0.25) is 10.1 Å². The van der Waals surface area contributed by atoms with Gasteiger partial charge in [-0.2, -0.15) is 4.31 Å². The quantitative estimate of drug-likeness (QED) is 0.480. The third-order valence-electron chi connectivity index (χ3n) is 3.60. The van der Waals surface area contributed by atoms with Crippen molar-refractivity contribution in [1.82, 2.24) is 14.5 Å². The van der Waals surface area contributed by atoms with Crippen LogP contribution in [0.1, 0.15) is 5.89 Å². The smallest absolute Gasteiger partial charge is 0.269 e. The maximum absolute atomic E-state index is 12.6. The summed E-state index contributed by atoms with van der Waals surface area (Å²) in [6, 6.07) is 13.8. The van der Waals surface area contributed by atoms with Gasteiger partial charge in [0.2, 0.25) is 21.8 Å². The molecule has 134 valence electrons. The van der Waals surface area contributed by atoms with Gasteiger partial charge in [-0.15, -0.1) is 10.2 Å². The molecule has 0 unspecified atom stereocenters. The Labute approximate surface area is 149 Å². The van der Waals surface area contributed by atoms with E-state index in [-0.39, 0.29) is 23.0 Å². The molecule has 10 heteroatoms. The highest BCUT2D eigenvalue weighted by Gasteiger charge is 2.24. The second-order valence-corrected chi connectivity index (χ2v) is 7.42. The zero-order valence-corrected chi connectivity index (χ0v) is 14.5. The van der Waals surface area contributed by atoms with E-state index in [1.165, 1.54) is 19.2 Å². The molecule has 2 aromatic carbocycles. The molecular formula is C16H14N4O5S. The Kier molecular flexibility index (Phi) is 4.78. The van der Waals surface area contributed by atoms with Crippen LogP contribution in [-0.2, 0) is 16.6 Å². The SMILES string of the molecule is CN(Cc1nnc(-c2ccccc2)o1)S(=O)(=O)c1ccc([N+](=O)[O-])cc1. The van der Waals surface area contributed by atoms with Gasteiger partial charge in [-0.05, 0) is 24.3 Å². The summed E-state index contributed by atoms with van der Waals surface area (Å²) in [6.07, 6.45) is 0. The summed E-state index contributed by atoms with van der Waals surface area (Å²) in [7, 11) is -2.49. The molecule has 0 fully saturated rings. The van der Waals surface area contributed by atoms with Gasteiger partial charge in [0.05, 0.1) is 16.4 Å². The van der Waals surface area contributed by atoms with Gasteiger partial charge >= 0.3 is 0 Å². The first-order valence-corrected chi connectivity index (χ1v) is 8.90. The molecule has 0 saturated carbocycles. The van der Waals surface area contributed by atoms with Crippen LogP contribution < -0.4 is 0 Å². The number of benzene rings is 2. The summed E-state index contributed by atoms with van der Waals surface area (Å²) in [4.78, 5) is 10.0. The summed E-state index contributed by atoms with van der Waals surface area (Å²) in [5.74, 6) is 0.429. The van der Waals surface area contributed by atoms with E-state index in [4.69, 9.17) is 4.42 Å². The van der Waals surface area contributed by atoms with Gasteiger partial charge in [0.1, 0.15) is 0 Å². The van der Waals surface area contributed by atoms with Crippen molar-refractivity contribution in [2.75, 3.05) is 7.05 Å². The molecule has 0 aliphatic rings. The van der Waals surface area contributed by atoms with Crippen molar-refractivity contribution in [2.24, 2.45) is 0 Å². The standard InChI is InChI=1S/C16H14N4O5S/c1-19(26(23,24)14-9-7-13(8-10-14)20(21)22)11-15-17-18-16(25-15)12-5-3-2-4-6-12/h2-10H,11H2,1H3. The lowest BCUT2D eigenvalue weighted by Crippen LogP contribution is -2.26. The van der Waals surface area contributed by atoms with Crippen LogP contribution in [0.3, 0.4) is 0 Å². The molecule has 0 radical (unpaired) electrons. The Morgan fingerprint density at radius 3 is 2.35 bits per heavy atom. The number of nitro benzene ring substituents is 1. The second-order valence-electron chi connectivity index (χ2n) is 5.38. The summed E-state index contributed by atoms with van der Waals surface area (Å²) < 4.78 is 31.7. The maximum Gasteiger partial charge on any atom is 0.269 e. The minimum atomic E-state index is -3.85. The summed E-state index contributed by atoms with van der Waals surface area (Å²) in [5.41, 5.74) is 0.545. The number of nitro groups is 1. The molecule has 0 aliphatic heterocycles. The van der Waals surface area contributed by atoms with E-state index in [0.717, 1.165) is 22.0 Å². The van der Waals surface area contributed by atoms with Crippen LogP contribution in [0.15, 0.2) is 63.9 Å². The minimum Gasteiger partial charge on any atom is -0.419 e. The lowest BCUT2D eigenvalue weighted by atomic mass is 10.2. The number of rotatable bonds is 6. The fraction of sp³-hybridized carbons (Fsp3) is 0.125. The predicted octanol–water partition coefficient (Wildman–Crippen LogP) is 2.47. The molecule has 1 heterocycles. The lowest BCUT2D eigenvalue weighted by Gasteiger charge is -2.14. The normalized spacial score (nSPS) is 11.6. The highest BCUT2D eigenvalue weighted by molar-refractivity contribution is 7.89. The van der Waals surface area contributed by atoms with Gasteiger partial charge < -0.3 is 4.42 Å². The molecule has 9 nitrogen and oxygen atoms in total.